The van der Waals surface area contributed by atoms with Crippen LogP contribution in [0.3, 0.4) is 0 Å². The van der Waals surface area contributed by atoms with E-state index in [-0.39, 0.29) is 18.0 Å². The number of likely N-dealkylation sites (N-methyl/N-ethyl adjacent to an activating group) is 1. The Kier molecular flexibility index (Phi) is 5.26. The summed E-state index contributed by atoms with van der Waals surface area (Å²) < 4.78 is 25.9. The van der Waals surface area contributed by atoms with Gasteiger partial charge in [-0.25, -0.2) is 13.4 Å². The van der Waals surface area contributed by atoms with Crippen LogP contribution in [0.2, 0.25) is 5.02 Å². The van der Waals surface area contributed by atoms with Crippen LogP contribution in [-0.2, 0) is 21.4 Å². The van der Waals surface area contributed by atoms with E-state index in [0.717, 1.165) is 15.3 Å². The highest BCUT2D eigenvalue weighted by Gasteiger charge is 2.22. The first-order valence-electron chi connectivity index (χ1n) is 7.78. The van der Waals surface area contributed by atoms with Crippen LogP contribution in [0.25, 0.3) is 11.0 Å². The predicted molar refractivity (Wildman–Crippen MR) is 99.2 cm³/mol. The molecule has 1 heterocycles. The number of carbonyl (C=O) groups is 1. The number of H-pyrrole nitrogens is 1. The average Bonchev–Trinajstić information content (AvgIpc) is 3.03. The molecule has 0 unspecified atom stereocenters. The molecule has 1 amide bonds. The largest absolute Gasteiger partial charge is 0.348 e. The Bertz CT molecular complexity index is 999. The van der Waals surface area contributed by atoms with E-state index in [2.05, 4.69) is 15.3 Å². The van der Waals surface area contributed by atoms with Gasteiger partial charge < -0.3 is 10.3 Å². The molecule has 26 heavy (non-hydrogen) atoms. The van der Waals surface area contributed by atoms with E-state index < -0.39 is 15.9 Å². The number of para-hydroxylation sites is 2. The standard InChI is InChI=1S/C17H17ClN4O3S/c1-22(26(24,25)13-8-6-12(18)7-9-13)11-17(23)19-10-16-20-14-4-2-3-5-15(14)21-16/h2-9H,10-11H2,1H3,(H,19,23)(H,20,21). The van der Waals surface area contributed by atoms with E-state index in [4.69, 9.17) is 11.6 Å². The number of nitrogens with one attached hydrogen (secondary N) is 2. The molecule has 1 aromatic heterocycles. The van der Waals surface area contributed by atoms with Gasteiger partial charge in [0.25, 0.3) is 0 Å². The maximum absolute atomic E-state index is 12.5. The van der Waals surface area contributed by atoms with Crippen molar-refractivity contribution < 1.29 is 13.2 Å². The van der Waals surface area contributed by atoms with Gasteiger partial charge in [-0.2, -0.15) is 4.31 Å². The predicted octanol–water partition coefficient (Wildman–Crippen LogP) is 2.15. The van der Waals surface area contributed by atoms with Crippen LogP contribution in [0, 0.1) is 0 Å². The summed E-state index contributed by atoms with van der Waals surface area (Å²) in [7, 11) is -2.41. The number of nitrogens with zero attached hydrogens (tertiary/aromatic N) is 2. The first-order chi connectivity index (χ1) is 12.4. The Balaban J connectivity index is 1.60. The topological polar surface area (TPSA) is 95.2 Å². The summed E-state index contributed by atoms with van der Waals surface area (Å²) in [6.45, 7) is -0.118. The Labute approximate surface area is 156 Å². The lowest BCUT2D eigenvalue weighted by Gasteiger charge is -2.16. The van der Waals surface area contributed by atoms with Crippen LogP contribution < -0.4 is 5.32 Å². The van der Waals surface area contributed by atoms with E-state index in [9.17, 15) is 13.2 Å². The third kappa shape index (κ3) is 4.04. The number of sulfonamides is 1. The number of carbonyl (C=O) groups excluding carboxylic acids is 1. The number of rotatable bonds is 6. The van der Waals surface area contributed by atoms with Crippen molar-refractivity contribution in [3.8, 4) is 0 Å². The summed E-state index contributed by atoms with van der Waals surface area (Å²) in [5.74, 6) is 0.174. The molecule has 3 rings (SSSR count). The van der Waals surface area contributed by atoms with Gasteiger partial charge in [0.15, 0.2) is 0 Å². The third-order valence-electron chi connectivity index (χ3n) is 3.78. The number of aromatic amines is 1. The summed E-state index contributed by atoms with van der Waals surface area (Å²) in [5, 5.41) is 3.10. The van der Waals surface area contributed by atoms with Gasteiger partial charge in [-0.05, 0) is 36.4 Å². The number of amides is 1. The summed E-state index contributed by atoms with van der Waals surface area (Å²) in [4.78, 5) is 19.6. The highest BCUT2D eigenvalue weighted by Crippen LogP contribution is 2.17. The van der Waals surface area contributed by atoms with Crippen LogP contribution in [0.15, 0.2) is 53.4 Å². The molecule has 136 valence electrons. The zero-order chi connectivity index (χ0) is 18.7. The van der Waals surface area contributed by atoms with Gasteiger partial charge in [-0.1, -0.05) is 23.7 Å². The van der Waals surface area contributed by atoms with Gasteiger partial charge in [0, 0.05) is 12.1 Å². The second kappa shape index (κ2) is 7.45. The molecular weight excluding hydrogens is 376 g/mol. The minimum Gasteiger partial charge on any atom is -0.348 e. The number of aromatic nitrogens is 2. The molecule has 0 fully saturated rings. The van der Waals surface area contributed by atoms with Crippen molar-refractivity contribution in [2.24, 2.45) is 0 Å². The van der Waals surface area contributed by atoms with Crippen LogP contribution in [-0.4, -0.2) is 42.2 Å². The minimum atomic E-state index is -3.76. The highest BCUT2D eigenvalue weighted by molar-refractivity contribution is 7.89. The van der Waals surface area contributed by atoms with Crippen LogP contribution in [0.4, 0.5) is 0 Å². The van der Waals surface area contributed by atoms with E-state index in [1.165, 1.54) is 31.3 Å². The molecule has 0 saturated carbocycles. The lowest BCUT2D eigenvalue weighted by Crippen LogP contribution is -2.38. The maximum Gasteiger partial charge on any atom is 0.243 e. The molecule has 9 heteroatoms. The van der Waals surface area contributed by atoms with Gasteiger partial charge in [0.05, 0.1) is 29.0 Å². The lowest BCUT2D eigenvalue weighted by molar-refractivity contribution is -0.121. The van der Waals surface area contributed by atoms with E-state index >= 15 is 0 Å². The smallest absolute Gasteiger partial charge is 0.243 e. The Morgan fingerprint density at radius 3 is 2.58 bits per heavy atom. The Morgan fingerprint density at radius 1 is 1.19 bits per heavy atom. The van der Waals surface area contributed by atoms with Crippen LogP contribution >= 0.6 is 11.6 Å². The van der Waals surface area contributed by atoms with Gasteiger partial charge in [-0.3, -0.25) is 4.79 Å². The minimum absolute atomic E-state index is 0.0782. The average molecular weight is 393 g/mol. The number of hydrogen-bond acceptors (Lipinski definition) is 4. The molecule has 7 nitrogen and oxygen atoms in total. The molecular formula is C17H17ClN4O3S. The fourth-order valence-electron chi connectivity index (χ4n) is 2.40. The first-order valence-corrected chi connectivity index (χ1v) is 9.60. The third-order valence-corrected chi connectivity index (χ3v) is 5.85. The SMILES string of the molecule is CN(CC(=O)NCc1nc2ccccc2[nH]1)S(=O)(=O)c1ccc(Cl)cc1. The molecule has 0 radical (unpaired) electrons. The van der Waals surface area contributed by atoms with E-state index in [1.807, 2.05) is 24.3 Å². The van der Waals surface area contributed by atoms with Gasteiger partial charge in [0.2, 0.25) is 15.9 Å². The molecule has 0 saturated heterocycles. The molecule has 0 atom stereocenters. The Morgan fingerprint density at radius 2 is 1.88 bits per heavy atom. The van der Waals surface area contributed by atoms with Gasteiger partial charge in [0.1, 0.15) is 5.82 Å². The van der Waals surface area contributed by atoms with Crippen molar-refractivity contribution in [2.75, 3.05) is 13.6 Å². The van der Waals surface area contributed by atoms with Crippen molar-refractivity contribution in [2.45, 2.75) is 11.4 Å². The number of benzene rings is 2. The fourth-order valence-corrected chi connectivity index (χ4v) is 3.65. The first kappa shape index (κ1) is 18.4. The summed E-state index contributed by atoms with van der Waals surface area (Å²) in [6, 6.07) is 13.3. The van der Waals surface area contributed by atoms with Crippen molar-refractivity contribution in [3.63, 3.8) is 0 Å². The second-order valence-corrected chi connectivity index (χ2v) is 8.17. The molecule has 0 aliphatic carbocycles. The van der Waals surface area contributed by atoms with Gasteiger partial charge in [-0.15, -0.1) is 0 Å². The Hall–Kier alpha value is -2.42. The maximum atomic E-state index is 12.5. The molecule has 0 bridgehead atoms. The monoisotopic (exact) mass is 392 g/mol. The van der Waals surface area contributed by atoms with E-state index in [0.29, 0.717) is 10.8 Å². The number of imidazole rings is 1. The zero-order valence-electron chi connectivity index (χ0n) is 13.9. The quantitative estimate of drug-likeness (QED) is 0.672. The van der Waals surface area contributed by atoms with Crippen molar-refractivity contribution in [1.29, 1.82) is 0 Å². The number of halogens is 1. The number of hydrogen-bond donors (Lipinski definition) is 2. The lowest BCUT2D eigenvalue weighted by atomic mass is 10.3. The fraction of sp³-hybridized carbons (Fsp3) is 0.176. The molecule has 0 aliphatic rings. The molecule has 2 N–H and O–H groups in total. The molecule has 3 aromatic rings. The van der Waals surface area contributed by atoms with Crippen molar-refractivity contribution >= 4 is 38.6 Å². The second-order valence-electron chi connectivity index (χ2n) is 5.69. The van der Waals surface area contributed by atoms with Gasteiger partial charge >= 0.3 is 0 Å². The zero-order valence-corrected chi connectivity index (χ0v) is 15.5. The molecule has 0 spiro atoms. The van der Waals surface area contributed by atoms with E-state index in [1.54, 1.807) is 0 Å². The van der Waals surface area contributed by atoms with Crippen LogP contribution in [0.1, 0.15) is 5.82 Å². The normalized spacial score (nSPS) is 11.8. The van der Waals surface area contributed by atoms with Crippen molar-refractivity contribution in [1.82, 2.24) is 19.6 Å². The number of fused-ring (bicyclic) bond motifs is 1. The van der Waals surface area contributed by atoms with Crippen LogP contribution in [0.5, 0.6) is 0 Å². The molecule has 2 aromatic carbocycles. The highest BCUT2D eigenvalue weighted by atomic mass is 35.5. The van der Waals surface area contributed by atoms with Crippen molar-refractivity contribution in [3.05, 3.63) is 59.4 Å². The summed E-state index contributed by atoms with van der Waals surface area (Å²) >= 11 is 5.77. The molecule has 0 aliphatic heterocycles. The summed E-state index contributed by atoms with van der Waals surface area (Å²) in [6.07, 6.45) is 0. The summed E-state index contributed by atoms with van der Waals surface area (Å²) in [5.41, 5.74) is 1.68.